The van der Waals surface area contributed by atoms with Gasteiger partial charge in [-0.05, 0) is 32.8 Å². The van der Waals surface area contributed by atoms with Crippen LogP contribution in [0, 0.1) is 0 Å². The van der Waals surface area contributed by atoms with Gasteiger partial charge < -0.3 is 20.7 Å². The molecular weight excluding hydrogens is 394 g/mol. The molecule has 0 radical (unpaired) electrons. The maximum absolute atomic E-state index is 12.6. The van der Waals surface area contributed by atoms with Gasteiger partial charge in [0.1, 0.15) is 22.9 Å². The molecule has 3 heterocycles. The Hall–Kier alpha value is -3.07. The number of fused-ring (bicyclic) bond motifs is 1. The molecule has 0 bridgehead atoms. The molecule has 1 fully saturated rings. The second kappa shape index (κ2) is 7.75. The smallest absolute Gasteiger partial charge is 0.256 e. The number of amides is 1. The predicted octanol–water partition coefficient (Wildman–Crippen LogP) is 3.24. The Morgan fingerprint density at radius 3 is 2.79 bits per heavy atom. The number of pyridine rings is 1. The second-order valence-corrected chi connectivity index (χ2v) is 7.55. The zero-order valence-corrected chi connectivity index (χ0v) is 17.1. The molecule has 29 heavy (non-hydrogen) atoms. The van der Waals surface area contributed by atoms with Crippen molar-refractivity contribution in [1.29, 1.82) is 0 Å². The molecule has 3 aromatic rings. The normalized spacial score (nSPS) is 13.6. The summed E-state index contributed by atoms with van der Waals surface area (Å²) in [7, 11) is 1.78. The highest BCUT2D eigenvalue weighted by Crippen LogP contribution is 2.30. The summed E-state index contributed by atoms with van der Waals surface area (Å²) in [5, 5.41) is 14.0. The van der Waals surface area contributed by atoms with Gasteiger partial charge in [0.05, 0.1) is 17.3 Å². The Bertz CT molecular complexity index is 1060. The first kappa shape index (κ1) is 19.3. The van der Waals surface area contributed by atoms with Crippen LogP contribution in [0.25, 0.3) is 5.65 Å². The van der Waals surface area contributed by atoms with Crippen molar-refractivity contribution in [1.82, 2.24) is 24.9 Å². The minimum absolute atomic E-state index is 0.0555. The third-order valence-electron chi connectivity index (χ3n) is 4.31. The summed E-state index contributed by atoms with van der Waals surface area (Å²) in [5.41, 5.74) is 1.44. The van der Waals surface area contributed by atoms with E-state index in [0.717, 1.165) is 12.8 Å². The molecular formula is C19H22ClN7O2. The van der Waals surface area contributed by atoms with Crippen LogP contribution >= 0.6 is 11.6 Å². The van der Waals surface area contributed by atoms with E-state index in [1.54, 1.807) is 23.7 Å². The number of hydrogen-bond acceptors (Lipinski definition) is 7. The van der Waals surface area contributed by atoms with E-state index in [0.29, 0.717) is 39.4 Å². The Morgan fingerprint density at radius 2 is 2.10 bits per heavy atom. The number of rotatable bonds is 7. The Kier molecular flexibility index (Phi) is 5.14. The van der Waals surface area contributed by atoms with Crippen molar-refractivity contribution in [3.63, 3.8) is 0 Å². The number of carbonyl (C=O) groups excluding carboxylic acids is 1. The summed E-state index contributed by atoms with van der Waals surface area (Å²) < 4.78 is 7.35. The Labute approximate surface area is 172 Å². The number of halogens is 1. The predicted molar refractivity (Wildman–Crippen MR) is 111 cm³/mol. The first-order valence-corrected chi connectivity index (χ1v) is 9.79. The molecule has 4 rings (SSSR count). The van der Waals surface area contributed by atoms with Crippen LogP contribution in [0.2, 0.25) is 5.02 Å². The van der Waals surface area contributed by atoms with Crippen molar-refractivity contribution in [3.8, 4) is 5.88 Å². The number of carbonyl (C=O) groups is 1. The highest BCUT2D eigenvalue weighted by atomic mass is 35.5. The lowest BCUT2D eigenvalue weighted by molar-refractivity contribution is 0.0952. The quantitative estimate of drug-likeness (QED) is 0.544. The minimum atomic E-state index is -0.178. The average Bonchev–Trinajstić information content (AvgIpc) is 3.38. The van der Waals surface area contributed by atoms with Crippen LogP contribution in [0.4, 0.5) is 17.3 Å². The molecule has 9 nitrogen and oxygen atoms in total. The van der Waals surface area contributed by atoms with E-state index in [1.165, 1.54) is 12.4 Å². The van der Waals surface area contributed by atoms with Gasteiger partial charge in [-0.25, -0.2) is 9.97 Å². The van der Waals surface area contributed by atoms with Crippen molar-refractivity contribution in [3.05, 3.63) is 35.1 Å². The van der Waals surface area contributed by atoms with Crippen LogP contribution in [0.1, 0.15) is 37.0 Å². The van der Waals surface area contributed by atoms with E-state index in [4.69, 9.17) is 16.3 Å². The number of hydrogen-bond donors (Lipinski definition) is 3. The van der Waals surface area contributed by atoms with E-state index < -0.39 is 0 Å². The van der Waals surface area contributed by atoms with Crippen LogP contribution < -0.4 is 20.7 Å². The molecule has 0 atom stereocenters. The molecule has 0 aromatic carbocycles. The van der Waals surface area contributed by atoms with Crippen LogP contribution in [0.5, 0.6) is 5.88 Å². The highest BCUT2D eigenvalue weighted by Gasteiger charge is 2.26. The van der Waals surface area contributed by atoms with Crippen LogP contribution in [0.3, 0.4) is 0 Å². The lowest BCUT2D eigenvalue weighted by atomic mass is 10.3. The fraction of sp³-hybridized carbons (Fsp3) is 0.368. The van der Waals surface area contributed by atoms with Gasteiger partial charge in [0.2, 0.25) is 5.88 Å². The molecule has 3 aromatic heterocycles. The van der Waals surface area contributed by atoms with E-state index in [1.807, 2.05) is 13.8 Å². The average molecular weight is 416 g/mol. The molecule has 1 amide bonds. The van der Waals surface area contributed by atoms with E-state index in [9.17, 15) is 4.79 Å². The van der Waals surface area contributed by atoms with Gasteiger partial charge in [0, 0.05) is 25.4 Å². The monoisotopic (exact) mass is 415 g/mol. The maximum atomic E-state index is 12.6. The number of nitrogens with one attached hydrogen (secondary N) is 3. The zero-order valence-electron chi connectivity index (χ0n) is 16.4. The fourth-order valence-corrected chi connectivity index (χ4v) is 2.99. The standard InChI is InChI=1S/C19H22ClN7O2/c1-10(2)29-19-14(6-11(20)8-22-19)25-15-7-16(21-3)27-17(26-15)13(9-23-27)18(28)24-12-4-5-12/h6-10,12,21H,4-5H2,1-3H3,(H,24,28)(H,25,26). The van der Waals surface area contributed by atoms with E-state index in [2.05, 4.69) is 31.0 Å². The topological polar surface area (TPSA) is 105 Å². The summed E-state index contributed by atoms with van der Waals surface area (Å²) in [6.07, 6.45) is 5.01. The van der Waals surface area contributed by atoms with Crippen molar-refractivity contribution < 1.29 is 9.53 Å². The summed E-state index contributed by atoms with van der Waals surface area (Å²) in [4.78, 5) is 21.4. The third-order valence-corrected chi connectivity index (χ3v) is 4.52. The first-order chi connectivity index (χ1) is 13.9. The van der Waals surface area contributed by atoms with Crippen molar-refractivity contribution in [2.45, 2.75) is 38.8 Å². The van der Waals surface area contributed by atoms with E-state index in [-0.39, 0.29) is 18.1 Å². The Balaban J connectivity index is 1.72. The van der Waals surface area contributed by atoms with Gasteiger partial charge in [0.25, 0.3) is 5.91 Å². The van der Waals surface area contributed by atoms with Crippen molar-refractivity contribution >= 4 is 40.5 Å². The summed E-state index contributed by atoms with van der Waals surface area (Å²) in [5.74, 6) is 1.41. The maximum Gasteiger partial charge on any atom is 0.256 e. The van der Waals surface area contributed by atoms with Crippen LogP contribution in [-0.2, 0) is 0 Å². The van der Waals surface area contributed by atoms with Gasteiger partial charge in [-0.2, -0.15) is 9.61 Å². The zero-order chi connectivity index (χ0) is 20.5. The summed E-state index contributed by atoms with van der Waals surface area (Å²) in [6, 6.07) is 3.74. The molecule has 1 aliphatic rings. The minimum Gasteiger partial charge on any atom is -0.473 e. The van der Waals surface area contributed by atoms with Crippen molar-refractivity contribution in [2.75, 3.05) is 17.7 Å². The first-order valence-electron chi connectivity index (χ1n) is 9.41. The van der Waals surface area contributed by atoms with Gasteiger partial charge in [-0.3, -0.25) is 4.79 Å². The molecule has 0 unspecified atom stereocenters. The summed E-state index contributed by atoms with van der Waals surface area (Å²) >= 11 is 6.12. The lowest BCUT2D eigenvalue weighted by Crippen LogP contribution is -2.25. The fourth-order valence-electron chi connectivity index (χ4n) is 2.83. The lowest BCUT2D eigenvalue weighted by Gasteiger charge is -2.15. The summed E-state index contributed by atoms with van der Waals surface area (Å²) in [6.45, 7) is 3.83. The molecule has 3 N–H and O–H groups in total. The molecule has 0 aliphatic heterocycles. The highest BCUT2D eigenvalue weighted by molar-refractivity contribution is 6.30. The van der Waals surface area contributed by atoms with Crippen molar-refractivity contribution in [2.24, 2.45) is 0 Å². The van der Waals surface area contributed by atoms with Gasteiger partial charge in [-0.1, -0.05) is 11.6 Å². The number of aromatic nitrogens is 4. The number of ether oxygens (including phenoxy) is 1. The molecule has 1 aliphatic carbocycles. The number of anilines is 3. The molecule has 1 saturated carbocycles. The van der Waals surface area contributed by atoms with Crippen LogP contribution in [0.15, 0.2) is 24.5 Å². The third kappa shape index (κ3) is 4.19. The van der Waals surface area contributed by atoms with Crippen LogP contribution in [-0.4, -0.2) is 44.7 Å². The SMILES string of the molecule is CNc1cc(Nc2cc(Cl)cnc2OC(C)C)nc2c(C(=O)NC3CC3)cnn12. The molecule has 0 saturated heterocycles. The largest absolute Gasteiger partial charge is 0.473 e. The molecule has 10 heteroatoms. The Morgan fingerprint density at radius 1 is 1.31 bits per heavy atom. The number of nitrogens with zero attached hydrogens (tertiary/aromatic N) is 4. The second-order valence-electron chi connectivity index (χ2n) is 7.12. The van der Waals surface area contributed by atoms with E-state index >= 15 is 0 Å². The van der Waals surface area contributed by atoms with Gasteiger partial charge >= 0.3 is 0 Å². The van der Waals surface area contributed by atoms with Gasteiger partial charge in [-0.15, -0.1) is 0 Å². The molecule has 152 valence electrons. The van der Waals surface area contributed by atoms with Gasteiger partial charge in [0.15, 0.2) is 5.65 Å². The molecule has 0 spiro atoms.